The second-order valence-electron chi connectivity index (χ2n) is 4.51. The molecular weight excluding hydrogens is 184 g/mol. The fraction of sp³-hybridized carbons (Fsp3) is 0.538. The molecule has 0 aliphatic carbocycles. The number of hydrogen-bond acceptors (Lipinski definition) is 2. The van der Waals surface area contributed by atoms with Gasteiger partial charge in [0, 0.05) is 32.7 Å². The topological polar surface area (TPSA) is 6.48 Å². The summed E-state index contributed by atoms with van der Waals surface area (Å²) in [5, 5.41) is 0. The first kappa shape index (κ1) is 10.7. The first-order valence-corrected chi connectivity index (χ1v) is 5.71. The molecule has 0 amide bonds. The molecule has 1 saturated heterocycles. The van der Waals surface area contributed by atoms with Crippen molar-refractivity contribution in [2.24, 2.45) is 0 Å². The second-order valence-corrected chi connectivity index (χ2v) is 4.51. The second kappa shape index (κ2) is 4.77. The Hall–Kier alpha value is -0.860. The first-order chi connectivity index (χ1) is 7.25. The zero-order valence-corrected chi connectivity index (χ0v) is 9.74. The molecule has 0 N–H and O–H groups in total. The molecule has 2 heteroatoms. The summed E-state index contributed by atoms with van der Waals surface area (Å²) in [5.74, 6) is 0. The van der Waals surface area contributed by atoms with Gasteiger partial charge in [-0.05, 0) is 25.1 Å². The minimum Gasteiger partial charge on any atom is -0.304 e. The quantitative estimate of drug-likeness (QED) is 0.724. The molecule has 1 fully saturated rings. The van der Waals surface area contributed by atoms with Gasteiger partial charge in [0.15, 0.2) is 0 Å². The van der Waals surface area contributed by atoms with Crippen LogP contribution in [0.15, 0.2) is 24.3 Å². The smallest absolute Gasteiger partial charge is 0.0237 e. The molecule has 2 nitrogen and oxygen atoms in total. The van der Waals surface area contributed by atoms with Crippen LogP contribution in [0.1, 0.15) is 11.1 Å². The fourth-order valence-electron chi connectivity index (χ4n) is 2.03. The van der Waals surface area contributed by atoms with Gasteiger partial charge in [-0.25, -0.2) is 0 Å². The van der Waals surface area contributed by atoms with Crippen molar-refractivity contribution in [1.29, 1.82) is 0 Å². The van der Waals surface area contributed by atoms with E-state index in [1.165, 1.54) is 37.3 Å². The minimum absolute atomic E-state index is 1.11. The molecule has 1 aromatic rings. The molecule has 1 aliphatic rings. The van der Waals surface area contributed by atoms with Crippen molar-refractivity contribution < 1.29 is 0 Å². The Labute approximate surface area is 92.5 Å². The van der Waals surface area contributed by atoms with Crippen LogP contribution in [0.3, 0.4) is 0 Å². The van der Waals surface area contributed by atoms with Crippen LogP contribution in [-0.2, 0) is 6.54 Å². The lowest BCUT2D eigenvalue weighted by molar-refractivity contribution is 0.148. The van der Waals surface area contributed by atoms with Crippen molar-refractivity contribution >= 4 is 0 Å². The fourth-order valence-corrected chi connectivity index (χ4v) is 2.03. The van der Waals surface area contributed by atoms with Crippen LogP contribution in [0.25, 0.3) is 0 Å². The maximum absolute atomic E-state index is 2.54. The molecule has 0 atom stereocenters. The van der Waals surface area contributed by atoms with Crippen LogP contribution in [0.2, 0.25) is 0 Å². The summed E-state index contributed by atoms with van der Waals surface area (Å²) in [7, 11) is 2.20. The Kier molecular flexibility index (Phi) is 3.39. The SMILES string of the molecule is Cc1ccccc1CN1CCN(C)CC1. The maximum Gasteiger partial charge on any atom is 0.0237 e. The van der Waals surface area contributed by atoms with Gasteiger partial charge in [0.05, 0.1) is 0 Å². The highest BCUT2D eigenvalue weighted by Crippen LogP contribution is 2.11. The Morgan fingerprint density at radius 3 is 2.40 bits per heavy atom. The predicted molar refractivity (Wildman–Crippen MR) is 64.0 cm³/mol. The number of rotatable bonds is 2. The van der Waals surface area contributed by atoms with Gasteiger partial charge in [0.2, 0.25) is 0 Å². The number of nitrogens with zero attached hydrogens (tertiary/aromatic N) is 2. The maximum atomic E-state index is 2.54. The highest BCUT2D eigenvalue weighted by molar-refractivity contribution is 5.25. The normalized spacial score (nSPS) is 19.3. The first-order valence-electron chi connectivity index (χ1n) is 5.71. The zero-order valence-electron chi connectivity index (χ0n) is 9.74. The van der Waals surface area contributed by atoms with Crippen LogP contribution in [-0.4, -0.2) is 43.0 Å². The lowest BCUT2D eigenvalue weighted by atomic mass is 10.1. The van der Waals surface area contributed by atoms with E-state index in [1.54, 1.807) is 0 Å². The van der Waals surface area contributed by atoms with Crippen molar-refractivity contribution in [3.8, 4) is 0 Å². The van der Waals surface area contributed by atoms with E-state index < -0.39 is 0 Å². The third-order valence-corrected chi connectivity index (χ3v) is 3.25. The molecule has 1 aromatic carbocycles. The van der Waals surface area contributed by atoms with E-state index in [4.69, 9.17) is 0 Å². The van der Waals surface area contributed by atoms with Gasteiger partial charge in [-0.3, -0.25) is 4.90 Å². The van der Waals surface area contributed by atoms with E-state index in [2.05, 4.69) is 48.0 Å². The molecule has 1 aliphatic heterocycles. The summed E-state index contributed by atoms with van der Waals surface area (Å²) in [6.45, 7) is 8.11. The third kappa shape index (κ3) is 2.80. The molecule has 82 valence electrons. The summed E-state index contributed by atoms with van der Waals surface area (Å²) >= 11 is 0. The van der Waals surface area contributed by atoms with Crippen molar-refractivity contribution in [1.82, 2.24) is 9.80 Å². The molecule has 0 saturated carbocycles. The minimum atomic E-state index is 1.11. The Morgan fingerprint density at radius 2 is 1.73 bits per heavy atom. The summed E-state index contributed by atoms with van der Waals surface area (Å²) in [6.07, 6.45) is 0. The molecular formula is C13H20N2. The van der Waals surface area contributed by atoms with Gasteiger partial charge in [0.1, 0.15) is 0 Å². The lowest BCUT2D eigenvalue weighted by Crippen LogP contribution is -2.43. The van der Waals surface area contributed by atoms with Crippen LogP contribution in [0.5, 0.6) is 0 Å². The highest BCUT2D eigenvalue weighted by Gasteiger charge is 2.14. The van der Waals surface area contributed by atoms with Crippen LogP contribution >= 0.6 is 0 Å². The van der Waals surface area contributed by atoms with Gasteiger partial charge in [0.25, 0.3) is 0 Å². The molecule has 1 heterocycles. The largest absolute Gasteiger partial charge is 0.304 e. The molecule has 0 unspecified atom stereocenters. The number of aryl methyl sites for hydroxylation is 1. The molecule has 2 rings (SSSR count). The van der Waals surface area contributed by atoms with Gasteiger partial charge in [-0.1, -0.05) is 24.3 Å². The zero-order chi connectivity index (χ0) is 10.7. The highest BCUT2D eigenvalue weighted by atomic mass is 15.2. The summed E-state index contributed by atoms with van der Waals surface area (Å²) in [5.41, 5.74) is 2.89. The van der Waals surface area contributed by atoms with Crippen molar-refractivity contribution in [3.63, 3.8) is 0 Å². The Bertz CT molecular complexity index is 314. The van der Waals surface area contributed by atoms with E-state index in [0.29, 0.717) is 0 Å². The number of hydrogen-bond donors (Lipinski definition) is 0. The summed E-state index contributed by atoms with van der Waals surface area (Å²) in [4.78, 5) is 4.94. The van der Waals surface area contributed by atoms with E-state index in [-0.39, 0.29) is 0 Å². The Morgan fingerprint density at radius 1 is 1.07 bits per heavy atom. The average molecular weight is 204 g/mol. The van der Waals surface area contributed by atoms with Crippen molar-refractivity contribution in [2.75, 3.05) is 33.2 Å². The molecule has 15 heavy (non-hydrogen) atoms. The van der Waals surface area contributed by atoms with E-state index in [1.807, 2.05) is 0 Å². The van der Waals surface area contributed by atoms with Gasteiger partial charge >= 0.3 is 0 Å². The van der Waals surface area contributed by atoms with E-state index >= 15 is 0 Å². The molecule has 0 spiro atoms. The van der Waals surface area contributed by atoms with Gasteiger partial charge in [-0.2, -0.15) is 0 Å². The molecule has 0 radical (unpaired) electrons. The van der Waals surface area contributed by atoms with Crippen LogP contribution in [0, 0.1) is 6.92 Å². The van der Waals surface area contributed by atoms with Gasteiger partial charge < -0.3 is 4.90 Å². The summed E-state index contributed by atoms with van der Waals surface area (Å²) < 4.78 is 0. The van der Waals surface area contributed by atoms with Crippen molar-refractivity contribution in [3.05, 3.63) is 35.4 Å². The monoisotopic (exact) mass is 204 g/mol. The van der Waals surface area contributed by atoms with Crippen LogP contribution < -0.4 is 0 Å². The third-order valence-electron chi connectivity index (χ3n) is 3.25. The number of benzene rings is 1. The average Bonchev–Trinajstić information content (AvgIpc) is 2.25. The van der Waals surface area contributed by atoms with E-state index in [9.17, 15) is 0 Å². The summed E-state index contributed by atoms with van der Waals surface area (Å²) in [6, 6.07) is 8.69. The van der Waals surface area contributed by atoms with Crippen molar-refractivity contribution in [2.45, 2.75) is 13.5 Å². The van der Waals surface area contributed by atoms with E-state index in [0.717, 1.165) is 6.54 Å². The van der Waals surface area contributed by atoms with Gasteiger partial charge in [-0.15, -0.1) is 0 Å². The molecule has 0 aromatic heterocycles. The Balaban J connectivity index is 1.95. The number of piperazine rings is 1. The lowest BCUT2D eigenvalue weighted by Gasteiger charge is -2.32. The standard InChI is InChI=1S/C13H20N2/c1-12-5-3-4-6-13(12)11-15-9-7-14(2)8-10-15/h3-6H,7-11H2,1-2H3. The number of likely N-dealkylation sites (N-methyl/N-ethyl adjacent to an activating group) is 1. The predicted octanol–water partition coefficient (Wildman–Crippen LogP) is 1.74. The molecule has 0 bridgehead atoms. The van der Waals surface area contributed by atoms with Crippen LogP contribution in [0.4, 0.5) is 0 Å².